The summed E-state index contributed by atoms with van der Waals surface area (Å²) in [5, 5.41) is 14.3. The van der Waals surface area contributed by atoms with E-state index in [0.717, 1.165) is 11.3 Å². The van der Waals surface area contributed by atoms with E-state index < -0.39 is 5.97 Å². The molecule has 5 heteroatoms. The Morgan fingerprint density at radius 3 is 2.50 bits per heavy atom. The summed E-state index contributed by atoms with van der Waals surface area (Å²) in [6, 6.07) is 4.79. The van der Waals surface area contributed by atoms with E-state index in [2.05, 4.69) is 5.10 Å². The van der Waals surface area contributed by atoms with Gasteiger partial charge in [-0.05, 0) is 18.2 Å². The van der Waals surface area contributed by atoms with Crippen LogP contribution < -0.4 is 0 Å². The highest BCUT2D eigenvalue weighted by molar-refractivity contribution is 6.31. The molecule has 0 atom stereocenters. The molecule has 1 heterocycles. The minimum absolute atomic E-state index is 0.186. The van der Waals surface area contributed by atoms with Gasteiger partial charge in [-0.25, -0.2) is 4.79 Å². The van der Waals surface area contributed by atoms with Gasteiger partial charge in [-0.1, -0.05) is 32.4 Å². The molecule has 0 aliphatic heterocycles. The Bertz CT molecular complexity index is 669. The standard InChI is InChI=1S/C15H17ClN2O2/c1-15(2,3)13-12(8-18(4)17-13)11-7-9(16)5-6-10(11)14(19)20/h5-8H,1-4H3,(H,19,20). The van der Waals surface area contributed by atoms with Crippen LogP contribution in [0.3, 0.4) is 0 Å². The highest BCUT2D eigenvalue weighted by Gasteiger charge is 2.25. The molecule has 0 aliphatic carbocycles. The molecule has 0 unspecified atom stereocenters. The molecule has 1 N–H and O–H groups in total. The zero-order chi connectivity index (χ0) is 15.1. The summed E-state index contributed by atoms with van der Waals surface area (Å²) < 4.78 is 1.70. The number of carboxylic acid groups (broad SMARTS) is 1. The topological polar surface area (TPSA) is 55.1 Å². The Hall–Kier alpha value is -1.81. The lowest BCUT2D eigenvalue weighted by molar-refractivity contribution is 0.0697. The number of aromatic carboxylic acids is 1. The molecule has 0 bridgehead atoms. The normalized spacial score (nSPS) is 11.7. The molecule has 4 nitrogen and oxygen atoms in total. The van der Waals surface area contributed by atoms with Gasteiger partial charge in [-0.3, -0.25) is 4.68 Å². The molecule has 1 aromatic carbocycles. The Labute approximate surface area is 123 Å². The average Bonchev–Trinajstić information content (AvgIpc) is 2.70. The first kappa shape index (κ1) is 14.6. The van der Waals surface area contributed by atoms with E-state index in [4.69, 9.17) is 11.6 Å². The molecule has 20 heavy (non-hydrogen) atoms. The second kappa shape index (κ2) is 4.94. The number of aryl methyl sites for hydroxylation is 1. The number of hydrogen-bond donors (Lipinski definition) is 1. The van der Waals surface area contributed by atoms with Gasteiger partial charge in [0, 0.05) is 34.8 Å². The van der Waals surface area contributed by atoms with Crippen LogP contribution in [0.2, 0.25) is 5.02 Å². The third-order valence-electron chi connectivity index (χ3n) is 3.04. The van der Waals surface area contributed by atoms with Crippen LogP contribution in [-0.4, -0.2) is 20.9 Å². The van der Waals surface area contributed by atoms with Crippen molar-refractivity contribution in [1.82, 2.24) is 9.78 Å². The molecule has 0 amide bonds. The van der Waals surface area contributed by atoms with Crippen molar-refractivity contribution in [2.75, 3.05) is 0 Å². The van der Waals surface area contributed by atoms with E-state index in [1.54, 1.807) is 16.8 Å². The number of halogens is 1. The van der Waals surface area contributed by atoms with Crippen molar-refractivity contribution >= 4 is 17.6 Å². The Kier molecular flexibility index (Phi) is 3.61. The first-order chi connectivity index (χ1) is 9.20. The molecule has 0 radical (unpaired) electrons. The molecule has 106 valence electrons. The summed E-state index contributed by atoms with van der Waals surface area (Å²) in [4.78, 5) is 11.4. The van der Waals surface area contributed by atoms with Crippen molar-refractivity contribution in [2.45, 2.75) is 26.2 Å². The number of carbonyl (C=O) groups is 1. The first-order valence-electron chi connectivity index (χ1n) is 6.27. The molecule has 0 saturated carbocycles. The summed E-state index contributed by atoms with van der Waals surface area (Å²) in [5.74, 6) is -0.972. The van der Waals surface area contributed by atoms with E-state index in [-0.39, 0.29) is 11.0 Å². The predicted octanol–water partition coefficient (Wildman–Crippen LogP) is 3.74. The summed E-state index contributed by atoms with van der Waals surface area (Å²) in [6.45, 7) is 6.14. The quantitative estimate of drug-likeness (QED) is 0.917. The number of aromatic nitrogens is 2. The Morgan fingerprint density at radius 2 is 1.95 bits per heavy atom. The number of hydrogen-bond acceptors (Lipinski definition) is 2. The second-order valence-corrected chi connectivity index (χ2v) is 6.25. The van der Waals surface area contributed by atoms with Crippen molar-refractivity contribution in [2.24, 2.45) is 7.05 Å². The van der Waals surface area contributed by atoms with Gasteiger partial charge in [0.25, 0.3) is 0 Å². The Balaban J connectivity index is 2.75. The average molecular weight is 293 g/mol. The van der Waals surface area contributed by atoms with Gasteiger partial charge >= 0.3 is 5.97 Å². The fourth-order valence-corrected chi connectivity index (χ4v) is 2.34. The van der Waals surface area contributed by atoms with E-state index in [1.165, 1.54) is 6.07 Å². The lowest BCUT2D eigenvalue weighted by atomic mass is 9.86. The minimum Gasteiger partial charge on any atom is -0.478 e. The third-order valence-corrected chi connectivity index (χ3v) is 3.28. The Morgan fingerprint density at radius 1 is 1.30 bits per heavy atom. The van der Waals surface area contributed by atoms with E-state index >= 15 is 0 Å². The maximum absolute atomic E-state index is 11.4. The van der Waals surface area contributed by atoms with E-state index in [0.29, 0.717) is 10.6 Å². The van der Waals surface area contributed by atoms with Gasteiger partial charge in [0.05, 0.1) is 11.3 Å². The fourth-order valence-electron chi connectivity index (χ4n) is 2.17. The largest absolute Gasteiger partial charge is 0.478 e. The van der Waals surface area contributed by atoms with Crippen LogP contribution in [0.25, 0.3) is 11.1 Å². The summed E-state index contributed by atoms with van der Waals surface area (Å²) in [5.41, 5.74) is 2.30. The predicted molar refractivity (Wildman–Crippen MR) is 79.3 cm³/mol. The zero-order valence-electron chi connectivity index (χ0n) is 11.9. The molecule has 0 saturated heterocycles. The van der Waals surface area contributed by atoms with Crippen LogP contribution in [0.15, 0.2) is 24.4 Å². The monoisotopic (exact) mass is 292 g/mol. The van der Waals surface area contributed by atoms with Crippen molar-refractivity contribution in [1.29, 1.82) is 0 Å². The molecule has 0 spiro atoms. The van der Waals surface area contributed by atoms with Gasteiger partial charge in [0.2, 0.25) is 0 Å². The van der Waals surface area contributed by atoms with Crippen LogP contribution in [0.4, 0.5) is 0 Å². The molecular weight excluding hydrogens is 276 g/mol. The summed E-state index contributed by atoms with van der Waals surface area (Å²) in [6.07, 6.45) is 1.83. The maximum Gasteiger partial charge on any atom is 0.336 e. The number of carboxylic acids is 1. The minimum atomic E-state index is -0.972. The lowest BCUT2D eigenvalue weighted by Crippen LogP contribution is -2.14. The highest BCUT2D eigenvalue weighted by Crippen LogP contribution is 2.35. The van der Waals surface area contributed by atoms with Crippen LogP contribution >= 0.6 is 11.6 Å². The summed E-state index contributed by atoms with van der Waals surface area (Å²) in [7, 11) is 1.82. The smallest absolute Gasteiger partial charge is 0.336 e. The third kappa shape index (κ3) is 2.70. The lowest BCUT2D eigenvalue weighted by Gasteiger charge is -2.18. The van der Waals surface area contributed by atoms with Gasteiger partial charge in [0.15, 0.2) is 0 Å². The molecule has 2 aromatic rings. The molecule has 0 aliphatic rings. The van der Waals surface area contributed by atoms with Crippen molar-refractivity contribution in [3.63, 3.8) is 0 Å². The highest BCUT2D eigenvalue weighted by atomic mass is 35.5. The van der Waals surface area contributed by atoms with Gasteiger partial charge < -0.3 is 5.11 Å². The fraction of sp³-hybridized carbons (Fsp3) is 0.333. The first-order valence-corrected chi connectivity index (χ1v) is 6.65. The number of benzene rings is 1. The van der Waals surface area contributed by atoms with Crippen molar-refractivity contribution in [3.05, 3.63) is 40.7 Å². The molecular formula is C15H17ClN2O2. The van der Waals surface area contributed by atoms with Crippen LogP contribution in [-0.2, 0) is 12.5 Å². The van der Waals surface area contributed by atoms with Crippen LogP contribution in [0, 0.1) is 0 Å². The SMILES string of the molecule is Cn1cc(-c2cc(Cl)ccc2C(=O)O)c(C(C)(C)C)n1. The molecule has 1 aromatic heterocycles. The molecule has 2 rings (SSSR count). The van der Waals surface area contributed by atoms with Crippen LogP contribution in [0.1, 0.15) is 36.8 Å². The van der Waals surface area contributed by atoms with Crippen molar-refractivity contribution in [3.8, 4) is 11.1 Å². The zero-order valence-corrected chi connectivity index (χ0v) is 12.7. The molecule has 0 fully saturated rings. The second-order valence-electron chi connectivity index (χ2n) is 5.81. The van der Waals surface area contributed by atoms with Gasteiger partial charge in [0.1, 0.15) is 0 Å². The maximum atomic E-state index is 11.4. The number of nitrogens with zero attached hydrogens (tertiary/aromatic N) is 2. The van der Waals surface area contributed by atoms with Crippen molar-refractivity contribution < 1.29 is 9.90 Å². The summed E-state index contributed by atoms with van der Waals surface area (Å²) >= 11 is 6.02. The van der Waals surface area contributed by atoms with Gasteiger partial charge in [-0.2, -0.15) is 5.10 Å². The van der Waals surface area contributed by atoms with E-state index in [9.17, 15) is 9.90 Å². The van der Waals surface area contributed by atoms with Gasteiger partial charge in [-0.15, -0.1) is 0 Å². The van der Waals surface area contributed by atoms with Crippen LogP contribution in [0.5, 0.6) is 0 Å². The number of rotatable bonds is 2. The van der Waals surface area contributed by atoms with E-state index in [1.807, 2.05) is 34.0 Å².